The van der Waals surface area contributed by atoms with Gasteiger partial charge in [-0.2, -0.15) is 0 Å². The van der Waals surface area contributed by atoms with Crippen LogP contribution in [0.25, 0.3) is 0 Å². The van der Waals surface area contributed by atoms with Crippen LogP contribution in [0.2, 0.25) is 0 Å². The number of allylic oxidation sites excluding steroid dienone is 1. The molecule has 1 fully saturated rings. The Morgan fingerprint density at radius 3 is 2.21 bits per heavy atom. The number of phenols is 1. The van der Waals surface area contributed by atoms with E-state index in [2.05, 4.69) is 15.5 Å². The SMILES string of the molecule is CC.CC.CC(=O)C(CNC(=O)/C(N)=C/C(=N)c1ccccc1O)NC(=O)C1CCN(Cc2ccc([N+](=O)[O-])cc2)CC1. The minimum absolute atomic E-state index is 0.0380. The molecule has 0 spiro atoms. The summed E-state index contributed by atoms with van der Waals surface area (Å²) in [6.45, 7) is 11.1. The molecule has 1 heterocycles. The van der Waals surface area contributed by atoms with E-state index >= 15 is 0 Å². The van der Waals surface area contributed by atoms with Gasteiger partial charge in [0.2, 0.25) is 5.91 Å². The van der Waals surface area contributed by atoms with Gasteiger partial charge in [0.05, 0.1) is 16.3 Å². The fourth-order valence-electron chi connectivity index (χ4n) is 4.22. The van der Waals surface area contributed by atoms with Gasteiger partial charge >= 0.3 is 0 Å². The number of hydrogen-bond acceptors (Lipinski definition) is 9. The highest BCUT2D eigenvalue weighted by atomic mass is 16.6. The molecule has 12 nitrogen and oxygen atoms in total. The van der Waals surface area contributed by atoms with Gasteiger partial charge in [0.25, 0.3) is 11.6 Å². The number of amides is 2. The standard InChI is InChI=1S/C27H32N6O6.2C2H6/c1-17(34)24(15-30-27(37)23(29)14-22(28)21-4-2-3-5-25(21)35)31-26(36)19-10-12-32(13-11-19)16-18-6-8-20(9-7-18)33(38)39;2*1-2/h2-9,14,19,24,28,35H,10-13,15-16,29H2,1H3,(H,30,37)(H,31,36);2*1-2H3/b23-14-,28-22?;;. The van der Waals surface area contributed by atoms with Crippen molar-refractivity contribution in [3.63, 3.8) is 0 Å². The third-order valence-corrected chi connectivity index (χ3v) is 6.54. The molecule has 0 aromatic heterocycles. The number of nitrogens with two attached hydrogens (primary N) is 1. The van der Waals surface area contributed by atoms with Crippen LogP contribution < -0.4 is 16.4 Å². The number of non-ortho nitro benzene ring substituents is 1. The minimum Gasteiger partial charge on any atom is -0.507 e. The lowest BCUT2D eigenvalue weighted by Gasteiger charge is -2.32. The first kappa shape index (κ1) is 36.4. The highest BCUT2D eigenvalue weighted by Crippen LogP contribution is 2.21. The molecule has 1 saturated heterocycles. The van der Waals surface area contributed by atoms with Crippen molar-refractivity contribution < 1.29 is 24.4 Å². The number of nitro benzene ring substituents is 1. The molecule has 1 unspecified atom stereocenters. The Balaban J connectivity index is 0.00000221. The predicted octanol–water partition coefficient (Wildman–Crippen LogP) is 3.67. The lowest BCUT2D eigenvalue weighted by Crippen LogP contribution is -2.51. The van der Waals surface area contributed by atoms with Gasteiger partial charge in [-0.3, -0.25) is 29.4 Å². The molecule has 0 radical (unpaired) electrons. The van der Waals surface area contributed by atoms with Crippen molar-refractivity contribution in [3.05, 3.63) is 81.5 Å². The van der Waals surface area contributed by atoms with E-state index in [0.717, 1.165) is 11.6 Å². The van der Waals surface area contributed by atoms with Gasteiger partial charge in [0, 0.05) is 36.7 Å². The summed E-state index contributed by atoms with van der Waals surface area (Å²) in [5, 5.41) is 33.9. The molecule has 234 valence electrons. The number of rotatable bonds is 11. The Hall–Kier alpha value is -4.58. The van der Waals surface area contributed by atoms with Crippen molar-refractivity contribution in [2.75, 3.05) is 19.6 Å². The largest absolute Gasteiger partial charge is 0.507 e. The second-order valence-corrected chi connectivity index (χ2v) is 9.39. The fraction of sp³-hybridized carbons (Fsp3) is 0.419. The zero-order valence-electron chi connectivity index (χ0n) is 25.6. The number of nitrogens with zero attached hydrogens (tertiary/aromatic N) is 2. The Bertz CT molecular complexity index is 1270. The number of nitrogens with one attached hydrogen (secondary N) is 3. The van der Waals surface area contributed by atoms with E-state index in [9.17, 15) is 29.6 Å². The highest BCUT2D eigenvalue weighted by molar-refractivity contribution is 6.12. The number of benzene rings is 2. The Labute approximate surface area is 253 Å². The molecule has 2 aromatic carbocycles. The Morgan fingerprint density at radius 1 is 1.09 bits per heavy atom. The average Bonchev–Trinajstić information content (AvgIpc) is 3.01. The molecular formula is C31H44N6O6. The molecule has 2 aromatic rings. The number of nitro groups is 1. The number of Topliss-reactive ketones (excluding diaryl/α,β-unsaturated/α-hetero) is 1. The van der Waals surface area contributed by atoms with Crippen LogP contribution in [0.3, 0.4) is 0 Å². The van der Waals surface area contributed by atoms with Gasteiger partial charge in [-0.15, -0.1) is 0 Å². The lowest BCUT2D eigenvalue weighted by atomic mass is 9.95. The zero-order chi connectivity index (χ0) is 32.5. The maximum absolute atomic E-state index is 12.8. The first-order valence-electron chi connectivity index (χ1n) is 14.4. The predicted molar refractivity (Wildman–Crippen MR) is 167 cm³/mol. The van der Waals surface area contributed by atoms with Crippen molar-refractivity contribution in [2.45, 2.75) is 60.0 Å². The van der Waals surface area contributed by atoms with E-state index < -0.39 is 16.9 Å². The molecule has 0 aliphatic carbocycles. The third-order valence-electron chi connectivity index (χ3n) is 6.54. The molecular weight excluding hydrogens is 552 g/mol. The number of carbonyl (C=O) groups is 3. The van der Waals surface area contributed by atoms with Crippen molar-refractivity contribution in [2.24, 2.45) is 11.7 Å². The number of aromatic hydroxyl groups is 1. The Kier molecular flexibility index (Phi) is 15.9. The normalized spacial score (nSPS) is 14.1. The number of carbonyl (C=O) groups excluding carboxylic acids is 3. The summed E-state index contributed by atoms with van der Waals surface area (Å²) in [5.74, 6) is -1.73. The number of phenolic OH excluding ortho intramolecular Hbond substituents is 1. The lowest BCUT2D eigenvalue weighted by molar-refractivity contribution is -0.384. The molecule has 1 aliphatic heterocycles. The number of hydrogen-bond donors (Lipinski definition) is 5. The van der Waals surface area contributed by atoms with E-state index in [1.54, 1.807) is 24.3 Å². The van der Waals surface area contributed by atoms with Crippen LogP contribution in [0.4, 0.5) is 5.69 Å². The molecule has 2 amide bonds. The molecule has 6 N–H and O–H groups in total. The third kappa shape index (κ3) is 11.7. The van der Waals surface area contributed by atoms with Crippen LogP contribution in [0.5, 0.6) is 5.75 Å². The first-order valence-corrected chi connectivity index (χ1v) is 14.4. The van der Waals surface area contributed by atoms with Crippen molar-refractivity contribution in [1.82, 2.24) is 15.5 Å². The summed E-state index contributed by atoms with van der Waals surface area (Å²) < 4.78 is 0. The molecule has 12 heteroatoms. The van der Waals surface area contributed by atoms with Crippen LogP contribution >= 0.6 is 0 Å². The highest BCUT2D eigenvalue weighted by Gasteiger charge is 2.28. The molecule has 1 aliphatic rings. The second kappa shape index (κ2) is 18.8. The summed E-state index contributed by atoms with van der Waals surface area (Å²) in [5.41, 5.74) is 6.55. The maximum Gasteiger partial charge on any atom is 0.269 e. The van der Waals surface area contributed by atoms with E-state index in [1.165, 1.54) is 31.2 Å². The van der Waals surface area contributed by atoms with E-state index in [0.29, 0.717) is 32.5 Å². The maximum atomic E-state index is 12.8. The van der Waals surface area contributed by atoms with Crippen LogP contribution in [0.1, 0.15) is 58.6 Å². The molecule has 0 saturated carbocycles. The fourth-order valence-corrected chi connectivity index (χ4v) is 4.22. The average molecular weight is 597 g/mol. The summed E-state index contributed by atoms with van der Waals surface area (Å²) in [4.78, 5) is 49.9. The number of ketones is 1. The van der Waals surface area contributed by atoms with Gasteiger partial charge in [-0.1, -0.05) is 52.0 Å². The summed E-state index contributed by atoms with van der Waals surface area (Å²) >= 11 is 0. The summed E-state index contributed by atoms with van der Waals surface area (Å²) in [7, 11) is 0. The van der Waals surface area contributed by atoms with Gasteiger partial charge in [-0.05, 0) is 56.6 Å². The molecule has 1 atom stereocenters. The Morgan fingerprint density at radius 2 is 1.67 bits per heavy atom. The second-order valence-electron chi connectivity index (χ2n) is 9.39. The minimum atomic E-state index is -0.940. The summed E-state index contributed by atoms with van der Waals surface area (Å²) in [6.07, 6.45) is 2.27. The first-order chi connectivity index (χ1) is 20.5. The van der Waals surface area contributed by atoms with E-state index in [1.807, 2.05) is 27.7 Å². The zero-order valence-corrected chi connectivity index (χ0v) is 25.6. The smallest absolute Gasteiger partial charge is 0.269 e. The van der Waals surface area contributed by atoms with Gasteiger partial charge in [-0.25, -0.2) is 0 Å². The van der Waals surface area contributed by atoms with Crippen LogP contribution in [-0.4, -0.2) is 63.9 Å². The van der Waals surface area contributed by atoms with E-state index in [4.69, 9.17) is 11.1 Å². The monoisotopic (exact) mass is 596 g/mol. The number of piperidine rings is 1. The topological polar surface area (TPSA) is 192 Å². The van der Waals surface area contributed by atoms with Crippen LogP contribution in [0.15, 0.2) is 60.3 Å². The molecule has 43 heavy (non-hydrogen) atoms. The van der Waals surface area contributed by atoms with E-state index in [-0.39, 0.29) is 52.6 Å². The van der Waals surface area contributed by atoms with Crippen LogP contribution in [-0.2, 0) is 20.9 Å². The van der Waals surface area contributed by atoms with Gasteiger partial charge in [0.15, 0.2) is 5.78 Å². The van der Waals surface area contributed by atoms with Crippen molar-refractivity contribution in [3.8, 4) is 5.75 Å². The van der Waals surface area contributed by atoms with Crippen molar-refractivity contribution >= 4 is 29.0 Å². The molecule has 0 bridgehead atoms. The van der Waals surface area contributed by atoms with Crippen LogP contribution in [0, 0.1) is 21.4 Å². The number of likely N-dealkylation sites (tertiary alicyclic amines) is 1. The number of para-hydroxylation sites is 1. The summed E-state index contributed by atoms with van der Waals surface area (Å²) in [6, 6.07) is 11.6. The van der Waals surface area contributed by atoms with Gasteiger partial charge in [0.1, 0.15) is 11.8 Å². The quantitative estimate of drug-likeness (QED) is 0.112. The molecule has 3 rings (SSSR count). The van der Waals surface area contributed by atoms with Crippen molar-refractivity contribution in [1.29, 1.82) is 5.41 Å². The van der Waals surface area contributed by atoms with Gasteiger partial charge < -0.3 is 26.9 Å².